The molecule has 0 unspecified atom stereocenters. The molecule has 162 valence electrons. The Balaban J connectivity index is 1.46. The number of carbonyl (C=O) groups is 1. The van der Waals surface area contributed by atoms with Crippen LogP contribution >= 0.6 is 0 Å². The second-order valence-corrected chi connectivity index (χ2v) is 7.48. The maximum Gasteiger partial charge on any atom is 0.263 e. The molecule has 0 atom stereocenters. The summed E-state index contributed by atoms with van der Waals surface area (Å²) in [4.78, 5) is 32.6. The molecule has 2 N–H and O–H groups in total. The van der Waals surface area contributed by atoms with Gasteiger partial charge in [-0.25, -0.2) is 4.98 Å². The van der Waals surface area contributed by atoms with Crippen molar-refractivity contribution in [2.45, 2.75) is 25.7 Å². The van der Waals surface area contributed by atoms with Crippen molar-refractivity contribution in [1.82, 2.24) is 19.7 Å². The van der Waals surface area contributed by atoms with Gasteiger partial charge in [-0.15, -0.1) is 0 Å². The fourth-order valence-corrected chi connectivity index (χ4v) is 3.71. The first-order valence-electron chi connectivity index (χ1n) is 10.4. The molecule has 0 bridgehead atoms. The summed E-state index contributed by atoms with van der Waals surface area (Å²) in [5.74, 6) is 1.33. The monoisotopic (exact) mass is 431 g/mol. The van der Waals surface area contributed by atoms with Crippen LogP contribution in [0, 0.1) is 0 Å². The van der Waals surface area contributed by atoms with Crippen molar-refractivity contribution in [1.29, 1.82) is 0 Å². The summed E-state index contributed by atoms with van der Waals surface area (Å²) < 4.78 is 12.4. The van der Waals surface area contributed by atoms with E-state index in [4.69, 9.17) is 9.15 Å². The van der Waals surface area contributed by atoms with Crippen LogP contribution in [0.2, 0.25) is 0 Å². The van der Waals surface area contributed by atoms with Gasteiger partial charge in [-0.3, -0.25) is 14.6 Å². The highest BCUT2D eigenvalue weighted by atomic mass is 16.5. The van der Waals surface area contributed by atoms with E-state index in [2.05, 4.69) is 20.4 Å². The smallest absolute Gasteiger partial charge is 0.263 e. The first-order valence-corrected chi connectivity index (χ1v) is 10.4. The Bertz CT molecular complexity index is 1290. The molecule has 32 heavy (non-hydrogen) atoms. The zero-order valence-electron chi connectivity index (χ0n) is 17.2. The molecule has 1 aromatic carbocycles. The summed E-state index contributed by atoms with van der Waals surface area (Å²) in [6.45, 7) is -0.181. The van der Waals surface area contributed by atoms with Crippen molar-refractivity contribution in [3.8, 4) is 23.2 Å². The number of anilines is 1. The molecule has 1 aliphatic rings. The quantitative estimate of drug-likeness (QED) is 0.485. The molecule has 4 aromatic rings. The second-order valence-electron chi connectivity index (χ2n) is 7.48. The minimum atomic E-state index is -0.374. The molecule has 1 amide bonds. The molecule has 3 aromatic heterocycles. The normalized spacial score (nSPS) is 12.9. The van der Waals surface area contributed by atoms with E-state index in [0.717, 1.165) is 36.9 Å². The lowest BCUT2D eigenvalue weighted by Gasteiger charge is -2.15. The summed E-state index contributed by atoms with van der Waals surface area (Å²) in [7, 11) is 0. The van der Waals surface area contributed by atoms with E-state index < -0.39 is 0 Å². The van der Waals surface area contributed by atoms with Gasteiger partial charge < -0.3 is 14.5 Å². The van der Waals surface area contributed by atoms with E-state index in [1.165, 1.54) is 4.68 Å². The second kappa shape index (κ2) is 8.54. The highest BCUT2D eigenvalue weighted by Gasteiger charge is 2.20. The standard InChI is InChI=1S/C23H21N5O4/c29-21(14-32-15-7-2-1-3-8-15)25-20-13-18(19-11-6-12-31-19)27-28(20)23-24-17-10-5-4-9-16(17)22(30)26-23/h1-3,6-8,11-13H,4-5,9-10,14H2,(H,25,29)(H,24,26,30). The summed E-state index contributed by atoms with van der Waals surface area (Å²) in [6, 6.07) is 14.3. The lowest BCUT2D eigenvalue weighted by atomic mass is 9.97. The summed E-state index contributed by atoms with van der Waals surface area (Å²) in [5, 5.41) is 7.31. The maximum absolute atomic E-state index is 12.6. The Labute approximate surface area is 183 Å². The van der Waals surface area contributed by atoms with Gasteiger partial charge in [0.15, 0.2) is 12.4 Å². The number of nitrogens with one attached hydrogen (secondary N) is 2. The predicted octanol–water partition coefficient (Wildman–Crippen LogP) is 3.11. The number of aromatic amines is 1. The van der Waals surface area contributed by atoms with Gasteiger partial charge in [-0.05, 0) is 49.9 Å². The van der Waals surface area contributed by atoms with E-state index in [0.29, 0.717) is 23.0 Å². The van der Waals surface area contributed by atoms with Crippen LogP contribution in [-0.4, -0.2) is 32.3 Å². The summed E-state index contributed by atoms with van der Waals surface area (Å²) in [5.41, 5.74) is 1.81. The number of H-pyrrole nitrogens is 1. The number of ether oxygens (including phenoxy) is 1. The zero-order valence-corrected chi connectivity index (χ0v) is 17.2. The number of aromatic nitrogens is 4. The van der Waals surface area contributed by atoms with Gasteiger partial charge in [0, 0.05) is 11.6 Å². The number of amides is 1. The minimum Gasteiger partial charge on any atom is -0.484 e. The number of hydrogen-bond donors (Lipinski definition) is 2. The molecule has 9 heteroatoms. The number of hydrogen-bond acceptors (Lipinski definition) is 6. The van der Waals surface area contributed by atoms with Crippen molar-refractivity contribution in [3.63, 3.8) is 0 Å². The van der Waals surface area contributed by atoms with Crippen LogP contribution in [0.3, 0.4) is 0 Å². The van der Waals surface area contributed by atoms with E-state index in [9.17, 15) is 9.59 Å². The van der Waals surface area contributed by atoms with Crippen molar-refractivity contribution in [2.24, 2.45) is 0 Å². The Hall–Kier alpha value is -4.14. The van der Waals surface area contributed by atoms with Gasteiger partial charge in [-0.2, -0.15) is 9.78 Å². The highest BCUT2D eigenvalue weighted by Crippen LogP contribution is 2.25. The maximum atomic E-state index is 12.6. The number of fused-ring (bicyclic) bond motifs is 1. The van der Waals surface area contributed by atoms with Crippen LogP contribution in [0.1, 0.15) is 24.1 Å². The van der Waals surface area contributed by atoms with Crippen LogP contribution in [0.25, 0.3) is 17.4 Å². The minimum absolute atomic E-state index is 0.176. The number of furan rings is 1. The molecular weight excluding hydrogens is 410 g/mol. The molecule has 5 rings (SSSR count). The lowest BCUT2D eigenvalue weighted by molar-refractivity contribution is -0.118. The Morgan fingerprint density at radius 2 is 2.00 bits per heavy atom. The predicted molar refractivity (Wildman–Crippen MR) is 117 cm³/mol. The first-order chi connectivity index (χ1) is 15.7. The number of aryl methyl sites for hydroxylation is 1. The molecule has 0 radical (unpaired) electrons. The number of para-hydroxylation sites is 1. The van der Waals surface area contributed by atoms with Crippen LogP contribution in [0.15, 0.2) is 64.0 Å². The molecule has 0 saturated carbocycles. The fourth-order valence-electron chi connectivity index (χ4n) is 3.71. The topological polar surface area (TPSA) is 115 Å². The van der Waals surface area contributed by atoms with E-state index in [1.54, 1.807) is 36.6 Å². The third-order valence-corrected chi connectivity index (χ3v) is 5.24. The van der Waals surface area contributed by atoms with Gasteiger partial charge in [0.25, 0.3) is 11.5 Å². The van der Waals surface area contributed by atoms with Crippen LogP contribution in [0.4, 0.5) is 5.82 Å². The largest absolute Gasteiger partial charge is 0.484 e. The van der Waals surface area contributed by atoms with Crippen molar-refractivity contribution < 1.29 is 13.9 Å². The average molecular weight is 431 g/mol. The van der Waals surface area contributed by atoms with Gasteiger partial charge in [0.2, 0.25) is 5.95 Å². The summed E-state index contributed by atoms with van der Waals surface area (Å²) >= 11 is 0. The van der Waals surface area contributed by atoms with E-state index in [-0.39, 0.29) is 24.0 Å². The van der Waals surface area contributed by atoms with Crippen LogP contribution in [-0.2, 0) is 17.6 Å². The fraction of sp³-hybridized carbons (Fsp3) is 0.217. The first kappa shape index (κ1) is 19.8. The number of rotatable bonds is 6. The molecule has 0 spiro atoms. The third kappa shape index (κ3) is 4.04. The van der Waals surface area contributed by atoms with Gasteiger partial charge >= 0.3 is 0 Å². The van der Waals surface area contributed by atoms with Gasteiger partial charge in [0.05, 0.1) is 12.0 Å². The molecule has 9 nitrogen and oxygen atoms in total. The number of nitrogens with zero attached hydrogens (tertiary/aromatic N) is 3. The Kier molecular flexibility index (Phi) is 5.29. The molecule has 1 aliphatic carbocycles. The Morgan fingerprint density at radius 1 is 1.16 bits per heavy atom. The highest BCUT2D eigenvalue weighted by molar-refractivity contribution is 5.91. The third-order valence-electron chi connectivity index (χ3n) is 5.24. The summed E-state index contributed by atoms with van der Waals surface area (Å²) in [6.07, 6.45) is 4.96. The van der Waals surface area contributed by atoms with Gasteiger partial charge in [0.1, 0.15) is 17.3 Å². The molecule has 0 saturated heterocycles. The van der Waals surface area contributed by atoms with E-state index in [1.807, 2.05) is 18.2 Å². The van der Waals surface area contributed by atoms with Gasteiger partial charge in [-0.1, -0.05) is 18.2 Å². The molecule has 0 aliphatic heterocycles. The SMILES string of the molecule is O=C(COc1ccccc1)Nc1cc(-c2ccco2)nn1-c1nc2c(c(=O)[nH]1)CCCC2. The van der Waals surface area contributed by atoms with Crippen molar-refractivity contribution in [2.75, 3.05) is 11.9 Å². The van der Waals surface area contributed by atoms with Crippen molar-refractivity contribution >= 4 is 11.7 Å². The average Bonchev–Trinajstić information content (AvgIpc) is 3.49. The molecule has 3 heterocycles. The molecule has 0 fully saturated rings. The number of benzene rings is 1. The lowest BCUT2D eigenvalue weighted by Crippen LogP contribution is -2.26. The van der Waals surface area contributed by atoms with Crippen LogP contribution in [0.5, 0.6) is 5.75 Å². The number of carbonyl (C=O) groups excluding carboxylic acids is 1. The van der Waals surface area contributed by atoms with E-state index >= 15 is 0 Å². The zero-order chi connectivity index (χ0) is 21.9. The van der Waals surface area contributed by atoms with Crippen LogP contribution < -0.4 is 15.6 Å². The van der Waals surface area contributed by atoms with Crippen molar-refractivity contribution in [3.05, 3.63) is 76.4 Å². The molecular formula is C23H21N5O4. The Morgan fingerprint density at radius 3 is 2.81 bits per heavy atom.